The fraction of sp³-hybridized carbons (Fsp3) is 0.167. The first kappa shape index (κ1) is 17.3. The average Bonchev–Trinajstić information content (AvgIpc) is 3.32. The largest absolute Gasteiger partial charge is 0.465 e. The number of hydrogen-bond donors (Lipinski definition) is 1. The molecule has 1 N–H and O–H groups in total. The first-order valence-corrected chi connectivity index (χ1v) is 9.32. The van der Waals surface area contributed by atoms with Crippen molar-refractivity contribution in [2.45, 2.75) is 6.42 Å². The summed E-state index contributed by atoms with van der Waals surface area (Å²) in [5, 5.41) is 5.75. The summed E-state index contributed by atoms with van der Waals surface area (Å²) < 4.78 is 4.67. The lowest BCUT2D eigenvalue weighted by Crippen LogP contribution is -2.24. The highest BCUT2D eigenvalue weighted by atomic mass is 32.1. The topological polar surface area (TPSA) is 68.3 Å². The summed E-state index contributed by atoms with van der Waals surface area (Å²) in [5.41, 5.74) is 1.55. The maximum atomic E-state index is 12.2. The fourth-order valence-electron chi connectivity index (χ4n) is 2.23. The number of nitrogens with zero attached hydrogens (tertiary/aromatic N) is 1. The molecule has 128 valence electrons. The monoisotopic (exact) mass is 372 g/mol. The summed E-state index contributed by atoms with van der Waals surface area (Å²) in [4.78, 5) is 29.6. The molecule has 3 aromatic rings. The van der Waals surface area contributed by atoms with E-state index in [0.717, 1.165) is 15.4 Å². The lowest BCUT2D eigenvalue weighted by molar-refractivity contribution is 0.0600. The minimum absolute atomic E-state index is 0.119. The first-order valence-electron chi connectivity index (χ1n) is 7.62. The Labute approximate surface area is 153 Å². The van der Waals surface area contributed by atoms with Gasteiger partial charge in [0.05, 0.1) is 23.7 Å². The van der Waals surface area contributed by atoms with Crippen LogP contribution in [0, 0.1) is 0 Å². The van der Waals surface area contributed by atoms with Crippen molar-refractivity contribution >= 4 is 34.6 Å². The summed E-state index contributed by atoms with van der Waals surface area (Å²) in [5.74, 6) is -0.474. The predicted molar refractivity (Wildman–Crippen MR) is 99.2 cm³/mol. The van der Waals surface area contributed by atoms with Crippen molar-refractivity contribution in [3.8, 4) is 9.88 Å². The van der Waals surface area contributed by atoms with Gasteiger partial charge in [0.1, 0.15) is 9.88 Å². The quantitative estimate of drug-likeness (QED) is 0.671. The molecule has 0 aliphatic carbocycles. The summed E-state index contributed by atoms with van der Waals surface area (Å²) in [6.45, 7) is 0.517. The van der Waals surface area contributed by atoms with E-state index in [4.69, 9.17) is 0 Å². The molecule has 0 fully saturated rings. The SMILES string of the molecule is COC(=O)c1ccc(CCNC(=O)c2cnc(-c3cccs3)s2)cc1. The van der Waals surface area contributed by atoms with Gasteiger partial charge in [-0.1, -0.05) is 18.2 Å². The molecule has 0 unspecified atom stereocenters. The Hall–Kier alpha value is -2.51. The molecule has 0 radical (unpaired) electrons. The summed E-state index contributed by atoms with van der Waals surface area (Å²) in [6, 6.07) is 11.1. The molecule has 3 rings (SSSR count). The van der Waals surface area contributed by atoms with Crippen molar-refractivity contribution in [3.63, 3.8) is 0 Å². The molecular weight excluding hydrogens is 356 g/mol. The number of hydrogen-bond acceptors (Lipinski definition) is 6. The van der Waals surface area contributed by atoms with E-state index < -0.39 is 0 Å². The number of amides is 1. The van der Waals surface area contributed by atoms with Crippen LogP contribution in [0.3, 0.4) is 0 Å². The number of thiophene rings is 1. The highest BCUT2D eigenvalue weighted by Crippen LogP contribution is 2.28. The van der Waals surface area contributed by atoms with E-state index in [9.17, 15) is 9.59 Å². The molecule has 0 spiro atoms. The minimum atomic E-state index is -0.355. The van der Waals surface area contributed by atoms with Crippen LogP contribution in [0.15, 0.2) is 48.0 Å². The van der Waals surface area contributed by atoms with E-state index in [1.165, 1.54) is 18.4 Å². The van der Waals surface area contributed by atoms with Gasteiger partial charge in [-0.25, -0.2) is 9.78 Å². The second kappa shape index (κ2) is 8.04. The number of aromatic nitrogens is 1. The maximum absolute atomic E-state index is 12.2. The first-order chi connectivity index (χ1) is 12.2. The van der Waals surface area contributed by atoms with Gasteiger partial charge in [-0.15, -0.1) is 22.7 Å². The van der Waals surface area contributed by atoms with Crippen LogP contribution in [-0.4, -0.2) is 30.5 Å². The van der Waals surface area contributed by atoms with Gasteiger partial charge in [-0.05, 0) is 35.6 Å². The number of ether oxygens (including phenoxy) is 1. The van der Waals surface area contributed by atoms with Gasteiger partial charge < -0.3 is 10.1 Å². The van der Waals surface area contributed by atoms with Gasteiger partial charge in [0.2, 0.25) is 0 Å². The van der Waals surface area contributed by atoms with Gasteiger partial charge in [0.25, 0.3) is 5.91 Å². The molecule has 0 atom stereocenters. The van der Waals surface area contributed by atoms with Crippen LogP contribution in [0.4, 0.5) is 0 Å². The van der Waals surface area contributed by atoms with Crippen LogP contribution in [0.2, 0.25) is 0 Å². The number of esters is 1. The molecule has 2 heterocycles. The molecule has 2 aromatic heterocycles. The Bertz CT molecular complexity index is 855. The Morgan fingerprint density at radius 1 is 1.20 bits per heavy atom. The zero-order valence-electron chi connectivity index (χ0n) is 13.5. The Kier molecular flexibility index (Phi) is 5.57. The Morgan fingerprint density at radius 3 is 2.68 bits per heavy atom. The molecule has 1 aromatic carbocycles. The third-order valence-electron chi connectivity index (χ3n) is 3.54. The second-order valence-corrected chi connectivity index (χ2v) is 7.18. The highest BCUT2D eigenvalue weighted by Gasteiger charge is 2.12. The van der Waals surface area contributed by atoms with Crippen molar-refractivity contribution < 1.29 is 14.3 Å². The lowest BCUT2D eigenvalue weighted by Gasteiger charge is -2.05. The van der Waals surface area contributed by atoms with Gasteiger partial charge in [-0.3, -0.25) is 4.79 Å². The van der Waals surface area contributed by atoms with E-state index in [1.807, 2.05) is 29.6 Å². The van der Waals surface area contributed by atoms with E-state index >= 15 is 0 Å². The summed E-state index contributed by atoms with van der Waals surface area (Å²) in [6.07, 6.45) is 2.30. The Balaban J connectivity index is 1.52. The number of thiazole rings is 1. The average molecular weight is 372 g/mol. The molecule has 7 heteroatoms. The maximum Gasteiger partial charge on any atom is 0.337 e. The summed E-state index contributed by atoms with van der Waals surface area (Å²) in [7, 11) is 1.36. The third-order valence-corrected chi connectivity index (χ3v) is 5.57. The van der Waals surface area contributed by atoms with Gasteiger partial charge in [0.15, 0.2) is 0 Å². The molecule has 0 bridgehead atoms. The summed E-state index contributed by atoms with van der Waals surface area (Å²) >= 11 is 2.99. The predicted octanol–water partition coefficient (Wildman–Crippen LogP) is 3.63. The van der Waals surface area contributed by atoms with E-state index in [2.05, 4.69) is 15.0 Å². The zero-order chi connectivity index (χ0) is 17.6. The second-order valence-electron chi connectivity index (χ2n) is 5.20. The van der Waals surface area contributed by atoms with Crippen molar-refractivity contribution in [3.05, 3.63) is 64.0 Å². The molecule has 1 amide bonds. The number of benzene rings is 1. The zero-order valence-corrected chi connectivity index (χ0v) is 15.2. The molecule has 0 saturated carbocycles. The molecule has 25 heavy (non-hydrogen) atoms. The normalized spacial score (nSPS) is 10.4. The van der Waals surface area contributed by atoms with Crippen molar-refractivity contribution in [1.29, 1.82) is 0 Å². The standard InChI is InChI=1S/C18H16N2O3S2/c1-23-18(22)13-6-4-12(5-7-13)8-9-19-16(21)15-11-20-17(25-15)14-3-2-10-24-14/h2-7,10-11H,8-9H2,1H3,(H,19,21). The van der Waals surface area contributed by atoms with Crippen LogP contribution in [0.25, 0.3) is 9.88 Å². The van der Waals surface area contributed by atoms with Crippen LogP contribution < -0.4 is 5.32 Å². The van der Waals surface area contributed by atoms with Crippen molar-refractivity contribution in [1.82, 2.24) is 10.3 Å². The van der Waals surface area contributed by atoms with Gasteiger partial charge >= 0.3 is 5.97 Å². The number of carbonyl (C=O) groups excluding carboxylic acids is 2. The smallest absolute Gasteiger partial charge is 0.337 e. The molecule has 0 aliphatic heterocycles. The van der Waals surface area contributed by atoms with E-state index in [1.54, 1.807) is 29.7 Å². The van der Waals surface area contributed by atoms with Crippen LogP contribution in [0.1, 0.15) is 25.6 Å². The van der Waals surface area contributed by atoms with Crippen LogP contribution in [0.5, 0.6) is 0 Å². The van der Waals surface area contributed by atoms with Crippen LogP contribution >= 0.6 is 22.7 Å². The number of carbonyl (C=O) groups is 2. The van der Waals surface area contributed by atoms with E-state index in [-0.39, 0.29) is 11.9 Å². The van der Waals surface area contributed by atoms with Crippen molar-refractivity contribution in [2.24, 2.45) is 0 Å². The molecule has 0 aliphatic rings. The van der Waals surface area contributed by atoms with E-state index in [0.29, 0.717) is 23.4 Å². The van der Waals surface area contributed by atoms with Gasteiger partial charge in [-0.2, -0.15) is 0 Å². The number of methoxy groups -OCH3 is 1. The lowest BCUT2D eigenvalue weighted by atomic mass is 10.1. The minimum Gasteiger partial charge on any atom is -0.465 e. The number of nitrogens with one attached hydrogen (secondary N) is 1. The highest BCUT2D eigenvalue weighted by molar-refractivity contribution is 7.21. The van der Waals surface area contributed by atoms with Gasteiger partial charge in [0, 0.05) is 6.54 Å². The third kappa shape index (κ3) is 4.32. The number of rotatable bonds is 6. The molecular formula is C18H16N2O3S2. The fourth-order valence-corrected chi connectivity index (χ4v) is 3.86. The van der Waals surface area contributed by atoms with Crippen LogP contribution in [-0.2, 0) is 11.2 Å². The van der Waals surface area contributed by atoms with Crippen molar-refractivity contribution in [2.75, 3.05) is 13.7 Å². The molecule has 0 saturated heterocycles. The molecule has 5 nitrogen and oxygen atoms in total. The Morgan fingerprint density at radius 2 is 2.00 bits per heavy atom.